The van der Waals surface area contributed by atoms with E-state index in [0.717, 1.165) is 17.3 Å². The van der Waals surface area contributed by atoms with Crippen LogP contribution in [0.1, 0.15) is 4.88 Å². The zero-order chi connectivity index (χ0) is 16.2. The zero-order valence-electron chi connectivity index (χ0n) is 12.1. The maximum Gasteiger partial charge on any atom is 0.318 e. The third-order valence-electron chi connectivity index (χ3n) is 3.35. The molecule has 0 radical (unpaired) electrons. The van der Waals surface area contributed by atoms with Crippen LogP contribution in [0.25, 0.3) is 0 Å². The fourth-order valence-electron chi connectivity index (χ4n) is 2.19. The quantitative estimate of drug-likeness (QED) is 0.915. The maximum absolute atomic E-state index is 12.8. The molecule has 0 atom stereocenters. The molecule has 0 spiro atoms. The molecular weight excluding hydrogens is 321 g/mol. The van der Waals surface area contributed by atoms with Gasteiger partial charge in [0.1, 0.15) is 6.54 Å². The predicted molar refractivity (Wildman–Crippen MR) is 82.5 cm³/mol. The molecule has 9 heteroatoms. The van der Waals surface area contributed by atoms with Crippen LogP contribution in [0, 0.1) is 5.82 Å². The van der Waals surface area contributed by atoms with Gasteiger partial charge in [-0.3, -0.25) is 9.69 Å². The van der Waals surface area contributed by atoms with E-state index >= 15 is 0 Å². The van der Waals surface area contributed by atoms with Gasteiger partial charge in [-0.1, -0.05) is 6.07 Å². The summed E-state index contributed by atoms with van der Waals surface area (Å²) >= 11 is 1.56. The van der Waals surface area contributed by atoms with Crippen molar-refractivity contribution < 1.29 is 14.0 Å². The Morgan fingerprint density at radius 1 is 1.35 bits per heavy atom. The van der Waals surface area contributed by atoms with Gasteiger partial charge in [0.2, 0.25) is 11.9 Å². The number of anilines is 1. The normalized spacial score (nSPS) is 14.9. The number of hydrogen-bond acceptors (Lipinski definition) is 5. The topological polar surface area (TPSA) is 78.4 Å². The van der Waals surface area contributed by atoms with Crippen LogP contribution in [-0.4, -0.2) is 46.4 Å². The molecule has 23 heavy (non-hydrogen) atoms. The molecule has 0 saturated carbocycles. The Morgan fingerprint density at radius 3 is 2.78 bits per heavy atom. The largest absolute Gasteiger partial charge is 0.333 e. The Bertz CT molecular complexity index is 692. The fourth-order valence-corrected chi connectivity index (χ4v) is 2.84. The smallest absolute Gasteiger partial charge is 0.318 e. The Hall–Kier alpha value is -2.55. The molecule has 1 aliphatic heterocycles. The molecule has 1 fully saturated rings. The Morgan fingerprint density at radius 2 is 2.13 bits per heavy atom. The number of carbonyl (C=O) groups is 2. The molecule has 0 aliphatic carbocycles. The first kappa shape index (κ1) is 15.3. The minimum Gasteiger partial charge on any atom is -0.333 e. The number of halogens is 1. The highest BCUT2D eigenvalue weighted by Crippen LogP contribution is 2.12. The van der Waals surface area contributed by atoms with Gasteiger partial charge in [0, 0.05) is 18.0 Å². The van der Waals surface area contributed by atoms with Gasteiger partial charge in [0.25, 0.3) is 0 Å². The first-order valence-corrected chi connectivity index (χ1v) is 7.84. The fraction of sp³-hybridized carbons (Fsp3) is 0.286. The summed E-state index contributed by atoms with van der Waals surface area (Å²) in [5.41, 5.74) is 0. The predicted octanol–water partition coefficient (Wildman–Crippen LogP) is 1.24. The van der Waals surface area contributed by atoms with Gasteiger partial charge in [-0.15, -0.1) is 11.3 Å². The standard InChI is InChI=1S/C14H14FN5O2S/c15-10-6-16-13(17-7-10)20-4-3-19(9-12(20)21)14(22)18-8-11-2-1-5-23-11/h1-2,5-7H,3-4,8-9H2,(H,18,22). The number of hydrogen-bond donors (Lipinski definition) is 1. The molecule has 2 aromatic rings. The average molecular weight is 335 g/mol. The van der Waals surface area contributed by atoms with Crippen LogP contribution in [0.2, 0.25) is 0 Å². The van der Waals surface area contributed by atoms with Crippen LogP contribution in [0.3, 0.4) is 0 Å². The number of rotatable bonds is 3. The van der Waals surface area contributed by atoms with Crippen molar-refractivity contribution in [3.8, 4) is 0 Å². The van der Waals surface area contributed by atoms with Gasteiger partial charge in [-0.25, -0.2) is 19.2 Å². The van der Waals surface area contributed by atoms with Crippen molar-refractivity contribution >= 4 is 29.2 Å². The molecule has 1 saturated heterocycles. The average Bonchev–Trinajstić information content (AvgIpc) is 3.07. The summed E-state index contributed by atoms with van der Waals surface area (Å²) in [6, 6.07) is 3.56. The van der Waals surface area contributed by atoms with Crippen molar-refractivity contribution in [1.82, 2.24) is 20.2 Å². The van der Waals surface area contributed by atoms with Gasteiger partial charge in [0.15, 0.2) is 5.82 Å². The lowest BCUT2D eigenvalue weighted by molar-refractivity contribution is -0.120. The second kappa shape index (κ2) is 6.69. The molecule has 1 N–H and O–H groups in total. The highest BCUT2D eigenvalue weighted by atomic mass is 32.1. The van der Waals surface area contributed by atoms with E-state index in [4.69, 9.17) is 0 Å². The van der Waals surface area contributed by atoms with E-state index in [9.17, 15) is 14.0 Å². The summed E-state index contributed by atoms with van der Waals surface area (Å²) in [5, 5.41) is 4.72. The number of urea groups is 1. The molecule has 120 valence electrons. The number of thiophene rings is 1. The molecule has 2 aromatic heterocycles. The zero-order valence-corrected chi connectivity index (χ0v) is 12.9. The summed E-state index contributed by atoms with van der Waals surface area (Å²) in [6.07, 6.45) is 2.02. The minimum absolute atomic E-state index is 0.0585. The Labute approximate surface area is 135 Å². The Balaban J connectivity index is 1.56. The van der Waals surface area contributed by atoms with Crippen LogP contribution in [-0.2, 0) is 11.3 Å². The highest BCUT2D eigenvalue weighted by Gasteiger charge is 2.29. The van der Waals surface area contributed by atoms with Crippen LogP contribution in [0.15, 0.2) is 29.9 Å². The molecule has 3 amide bonds. The third-order valence-corrected chi connectivity index (χ3v) is 4.23. The summed E-state index contributed by atoms with van der Waals surface area (Å²) in [7, 11) is 0. The monoisotopic (exact) mass is 335 g/mol. The van der Waals surface area contributed by atoms with Crippen LogP contribution >= 0.6 is 11.3 Å². The number of nitrogens with one attached hydrogen (secondary N) is 1. The maximum atomic E-state index is 12.8. The van der Waals surface area contributed by atoms with Gasteiger partial charge in [-0.2, -0.15) is 0 Å². The summed E-state index contributed by atoms with van der Waals surface area (Å²) in [4.78, 5) is 35.7. The van der Waals surface area contributed by atoms with Crippen molar-refractivity contribution in [2.75, 3.05) is 24.5 Å². The van der Waals surface area contributed by atoms with Crippen molar-refractivity contribution in [1.29, 1.82) is 0 Å². The number of nitrogens with zero attached hydrogens (tertiary/aromatic N) is 4. The van der Waals surface area contributed by atoms with E-state index in [1.165, 1.54) is 9.80 Å². The molecular formula is C14H14FN5O2S. The molecule has 0 bridgehead atoms. The van der Waals surface area contributed by atoms with Gasteiger partial charge in [0.05, 0.1) is 18.9 Å². The Kier molecular flexibility index (Phi) is 4.47. The number of amides is 3. The number of aromatic nitrogens is 2. The van der Waals surface area contributed by atoms with E-state index in [1.807, 2.05) is 17.5 Å². The van der Waals surface area contributed by atoms with E-state index in [-0.39, 0.29) is 31.0 Å². The molecule has 3 rings (SSSR count). The first-order chi connectivity index (χ1) is 11.1. The lowest BCUT2D eigenvalue weighted by Crippen LogP contribution is -2.55. The number of piperazine rings is 1. The summed E-state index contributed by atoms with van der Waals surface area (Å²) < 4.78 is 12.8. The van der Waals surface area contributed by atoms with Crippen LogP contribution in [0.4, 0.5) is 15.1 Å². The van der Waals surface area contributed by atoms with Crippen LogP contribution < -0.4 is 10.2 Å². The molecule has 7 nitrogen and oxygen atoms in total. The van der Waals surface area contributed by atoms with E-state index in [0.29, 0.717) is 13.1 Å². The van der Waals surface area contributed by atoms with Crippen molar-refractivity contribution in [2.24, 2.45) is 0 Å². The highest BCUT2D eigenvalue weighted by molar-refractivity contribution is 7.09. The van der Waals surface area contributed by atoms with E-state index < -0.39 is 5.82 Å². The van der Waals surface area contributed by atoms with Gasteiger partial charge in [-0.05, 0) is 11.4 Å². The second-order valence-corrected chi connectivity index (χ2v) is 5.94. The number of carbonyl (C=O) groups excluding carboxylic acids is 2. The second-order valence-electron chi connectivity index (χ2n) is 4.91. The SMILES string of the molecule is O=C(NCc1cccs1)N1CCN(c2ncc(F)cn2)C(=O)C1. The van der Waals surface area contributed by atoms with Crippen molar-refractivity contribution in [2.45, 2.75) is 6.54 Å². The minimum atomic E-state index is -0.562. The van der Waals surface area contributed by atoms with Gasteiger partial charge >= 0.3 is 6.03 Å². The molecule has 3 heterocycles. The summed E-state index contributed by atoms with van der Waals surface area (Å²) in [6.45, 7) is 1.02. The third kappa shape index (κ3) is 3.62. The van der Waals surface area contributed by atoms with Crippen molar-refractivity contribution in [3.05, 3.63) is 40.6 Å². The molecule has 0 aromatic carbocycles. The van der Waals surface area contributed by atoms with Crippen molar-refractivity contribution in [3.63, 3.8) is 0 Å². The molecule has 0 unspecified atom stereocenters. The van der Waals surface area contributed by atoms with Gasteiger partial charge < -0.3 is 10.2 Å². The first-order valence-electron chi connectivity index (χ1n) is 6.96. The summed E-state index contributed by atoms with van der Waals surface area (Å²) in [5.74, 6) is -0.711. The van der Waals surface area contributed by atoms with E-state index in [2.05, 4.69) is 15.3 Å². The lowest BCUT2D eigenvalue weighted by Gasteiger charge is -2.32. The van der Waals surface area contributed by atoms with Crippen LogP contribution in [0.5, 0.6) is 0 Å². The molecule has 1 aliphatic rings. The van der Waals surface area contributed by atoms with E-state index in [1.54, 1.807) is 11.3 Å². The lowest BCUT2D eigenvalue weighted by atomic mass is 10.3.